The third kappa shape index (κ3) is 3.46. The number of carbonyl (C=O) groups excluding carboxylic acids is 1. The summed E-state index contributed by atoms with van der Waals surface area (Å²) in [5, 5.41) is 4.07. The van der Waals surface area contributed by atoms with E-state index in [2.05, 4.69) is 29.4 Å². The number of rotatable bonds is 4. The zero-order valence-corrected chi connectivity index (χ0v) is 9.90. The van der Waals surface area contributed by atoms with Crippen LogP contribution in [-0.2, 0) is 0 Å². The van der Waals surface area contributed by atoms with Crippen molar-refractivity contribution in [3.63, 3.8) is 0 Å². The highest BCUT2D eigenvalue weighted by Crippen LogP contribution is 2.03. The largest absolute Gasteiger partial charge is 0.271 e. The monoisotopic (exact) mass is 219 g/mol. The number of nitrogens with one attached hydrogen (secondary N) is 1. The van der Waals surface area contributed by atoms with Crippen LogP contribution in [-0.4, -0.2) is 16.6 Å². The fourth-order valence-corrected chi connectivity index (χ4v) is 1.11. The van der Waals surface area contributed by atoms with Crippen molar-refractivity contribution in [1.29, 1.82) is 0 Å². The number of carbonyl (C=O) groups is 1. The van der Waals surface area contributed by atoms with Gasteiger partial charge in [-0.15, -0.1) is 0 Å². The molecule has 1 rings (SSSR count). The van der Waals surface area contributed by atoms with Gasteiger partial charge in [-0.25, -0.2) is 5.43 Å². The smallest absolute Gasteiger partial charge is 0.267 e. The van der Waals surface area contributed by atoms with E-state index < -0.39 is 0 Å². The average molecular weight is 219 g/mol. The summed E-state index contributed by atoms with van der Waals surface area (Å²) in [6.07, 6.45) is 4.18. The van der Waals surface area contributed by atoms with E-state index in [0.29, 0.717) is 11.5 Å². The lowest BCUT2D eigenvalue weighted by Gasteiger charge is -2.07. The first-order valence-electron chi connectivity index (χ1n) is 5.39. The fourth-order valence-electron chi connectivity index (χ4n) is 1.11. The average Bonchev–Trinajstić information content (AvgIpc) is 2.35. The van der Waals surface area contributed by atoms with Gasteiger partial charge in [-0.3, -0.25) is 9.78 Å². The zero-order chi connectivity index (χ0) is 12.0. The molecule has 0 saturated heterocycles. The molecule has 86 valence electrons. The topological polar surface area (TPSA) is 54.4 Å². The molecule has 4 nitrogen and oxygen atoms in total. The molecule has 4 heteroatoms. The molecule has 1 aromatic rings. The van der Waals surface area contributed by atoms with Gasteiger partial charge in [-0.05, 0) is 31.4 Å². The fraction of sp³-hybridized carbons (Fsp3) is 0.417. The quantitative estimate of drug-likeness (QED) is 0.623. The molecule has 1 N–H and O–H groups in total. The Hall–Kier alpha value is -1.71. The first-order chi connectivity index (χ1) is 7.65. The van der Waals surface area contributed by atoms with Crippen LogP contribution in [0.5, 0.6) is 0 Å². The normalized spacial score (nSPS) is 13.3. The van der Waals surface area contributed by atoms with Gasteiger partial charge in [0.15, 0.2) is 0 Å². The van der Waals surface area contributed by atoms with Gasteiger partial charge in [-0.2, -0.15) is 5.10 Å². The van der Waals surface area contributed by atoms with Crippen molar-refractivity contribution in [3.05, 3.63) is 30.1 Å². The van der Waals surface area contributed by atoms with Crippen molar-refractivity contribution >= 4 is 11.6 Å². The summed E-state index contributed by atoms with van der Waals surface area (Å²) >= 11 is 0. The molecular weight excluding hydrogens is 202 g/mol. The number of hydrazone groups is 1. The molecule has 1 heterocycles. The van der Waals surface area contributed by atoms with E-state index in [1.807, 2.05) is 6.92 Å². The molecule has 0 aliphatic rings. The van der Waals surface area contributed by atoms with Crippen molar-refractivity contribution in [2.75, 3.05) is 0 Å². The lowest BCUT2D eigenvalue weighted by Crippen LogP contribution is -2.20. The highest BCUT2D eigenvalue weighted by atomic mass is 16.2. The first kappa shape index (κ1) is 12.4. The third-order valence-corrected chi connectivity index (χ3v) is 2.60. The number of pyridine rings is 1. The Morgan fingerprint density at radius 2 is 2.12 bits per heavy atom. The van der Waals surface area contributed by atoms with E-state index in [1.54, 1.807) is 24.5 Å². The Kier molecular flexibility index (Phi) is 4.64. The van der Waals surface area contributed by atoms with E-state index in [0.717, 1.165) is 12.1 Å². The van der Waals surface area contributed by atoms with Crippen LogP contribution >= 0.6 is 0 Å². The summed E-state index contributed by atoms with van der Waals surface area (Å²) in [5.41, 5.74) is 4.04. The molecule has 16 heavy (non-hydrogen) atoms. The molecule has 0 radical (unpaired) electrons. The summed E-state index contributed by atoms with van der Waals surface area (Å²) in [6, 6.07) is 3.31. The Balaban J connectivity index is 2.60. The molecule has 1 atom stereocenters. The Morgan fingerprint density at radius 1 is 1.50 bits per heavy atom. The summed E-state index contributed by atoms with van der Waals surface area (Å²) < 4.78 is 0. The maximum Gasteiger partial charge on any atom is 0.271 e. The predicted octanol–water partition coefficient (Wildman–Crippen LogP) is 2.23. The molecule has 0 unspecified atom stereocenters. The highest BCUT2D eigenvalue weighted by molar-refractivity contribution is 5.95. The molecule has 0 aliphatic heterocycles. The maximum absolute atomic E-state index is 11.6. The van der Waals surface area contributed by atoms with Crippen LogP contribution in [0.3, 0.4) is 0 Å². The van der Waals surface area contributed by atoms with Crippen LogP contribution < -0.4 is 5.43 Å². The number of aromatic nitrogens is 1. The van der Waals surface area contributed by atoms with Gasteiger partial charge >= 0.3 is 0 Å². The number of nitrogens with zero attached hydrogens (tertiary/aromatic N) is 2. The maximum atomic E-state index is 11.6. The van der Waals surface area contributed by atoms with Crippen LogP contribution in [0.2, 0.25) is 0 Å². The first-order valence-corrected chi connectivity index (χ1v) is 5.39. The molecule has 1 aromatic heterocycles. The van der Waals surface area contributed by atoms with Crippen LogP contribution in [0.15, 0.2) is 29.6 Å². The van der Waals surface area contributed by atoms with E-state index in [9.17, 15) is 4.79 Å². The van der Waals surface area contributed by atoms with Crippen LogP contribution in [0.4, 0.5) is 0 Å². The Morgan fingerprint density at radius 3 is 2.69 bits per heavy atom. The van der Waals surface area contributed by atoms with Gasteiger partial charge in [0.1, 0.15) is 0 Å². The van der Waals surface area contributed by atoms with E-state index in [4.69, 9.17) is 0 Å². The number of hydrogen-bond donors (Lipinski definition) is 1. The summed E-state index contributed by atoms with van der Waals surface area (Å²) in [5.74, 6) is 0.183. The summed E-state index contributed by atoms with van der Waals surface area (Å²) in [6.45, 7) is 6.09. The van der Waals surface area contributed by atoms with Gasteiger partial charge in [-0.1, -0.05) is 13.8 Å². The Bertz CT molecular complexity index is 373. The van der Waals surface area contributed by atoms with Gasteiger partial charge in [0.25, 0.3) is 5.91 Å². The third-order valence-electron chi connectivity index (χ3n) is 2.60. The second kappa shape index (κ2) is 6.00. The van der Waals surface area contributed by atoms with E-state index >= 15 is 0 Å². The highest BCUT2D eigenvalue weighted by Gasteiger charge is 2.05. The predicted molar refractivity (Wildman–Crippen MR) is 64.3 cm³/mol. The minimum atomic E-state index is -0.204. The number of hydrogen-bond acceptors (Lipinski definition) is 3. The zero-order valence-electron chi connectivity index (χ0n) is 9.90. The van der Waals surface area contributed by atoms with Crippen molar-refractivity contribution in [3.8, 4) is 0 Å². The molecular formula is C12H17N3O. The van der Waals surface area contributed by atoms with Crippen molar-refractivity contribution in [2.45, 2.75) is 27.2 Å². The second-order valence-electron chi connectivity index (χ2n) is 3.74. The van der Waals surface area contributed by atoms with Crippen molar-refractivity contribution < 1.29 is 4.79 Å². The molecule has 1 amide bonds. The van der Waals surface area contributed by atoms with Gasteiger partial charge < -0.3 is 0 Å². The van der Waals surface area contributed by atoms with Crippen molar-refractivity contribution in [1.82, 2.24) is 10.4 Å². The molecule has 0 spiro atoms. The van der Waals surface area contributed by atoms with Crippen LogP contribution in [0.25, 0.3) is 0 Å². The van der Waals surface area contributed by atoms with Gasteiger partial charge in [0.2, 0.25) is 0 Å². The van der Waals surface area contributed by atoms with Crippen LogP contribution in [0, 0.1) is 5.92 Å². The summed E-state index contributed by atoms with van der Waals surface area (Å²) in [7, 11) is 0. The molecule has 0 aliphatic carbocycles. The second-order valence-corrected chi connectivity index (χ2v) is 3.74. The Labute approximate surface area is 95.8 Å². The van der Waals surface area contributed by atoms with Crippen LogP contribution in [0.1, 0.15) is 37.6 Å². The van der Waals surface area contributed by atoms with Gasteiger partial charge in [0.05, 0.1) is 0 Å². The molecule has 0 fully saturated rings. The lowest BCUT2D eigenvalue weighted by molar-refractivity contribution is 0.0954. The summed E-state index contributed by atoms with van der Waals surface area (Å²) in [4.78, 5) is 15.5. The SMILES string of the molecule is CC[C@H](C)/C(C)=N/NC(=O)c1ccncc1. The molecule has 0 aromatic carbocycles. The van der Waals surface area contributed by atoms with Gasteiger partial charge in [0, 0.05) is 23.7 Å². The minimum absolute atomic E-state index is 0.204. The number of amides is 1. The minimum Gasteiger partial charge on any atom is -0.267 e. The van der Waals surface area contributed by atoms with Crippen molar-refractivity contribution in [2.24, 2.45) is 11.0 Å². The molecule has 0 saturated carbocycles. The van der Waals surface area contributed by atoms with E-state index in [1.165, 1.54) is 0 Å². The van der Waals surface area contributed by atoms with E-state index in [-0.39, 0.29) is 5.91 Å². The standard InChI is InChI=1S/C12H17N3O/c1-4-9(2)10(3)14-15-12(16)11-5-7-13-8-6-11/h5-9H,4H2,1-3H3,(H,15,16)/b14-10+/t9-/m0/s1. The lowest BCUT2D eigenvalue weighted by atomic mass is 10.1. The molecule has 0 bridgehead atoms.